The minimum Gasteiger partial charge on any atom is -0.351 e. The van der Waals surface area contributed by atoms with E-state index < -0.39 is 0 Å². The van der Waals surface area contributed by atoms with Crippen molar-refractivity contribution in [2.45, 2.75) is 32.4 Å². The summed E-state index contributed by atoms with van der Waals surface area (Å²) in [6, 6.07) is 8.26. The molecule has 0 bridgehead atoms. The van der Waals surface area contributed by atoms with Crippen LogP contribution in [-0.4, -0.2) is 18.5 Å². The summed E-state index contributed by atoms with van der Waals surface area (Å²) in [5, 5.41) is 6.15. The molecule has 0 aromatic heterocycles. The van der Waals surface area contributed by atoms with Crippen LogP contribution in [0.4, 0.5) is 0 Å². The molecule has 0 saturated carbocycles. The minimum atomic E-state index is 0.0189. The molecule has 0 spiro atoms. The molecule has 1 saturated heterocycles. The van der Waals surface area contributed by atoms with E-state index in [1.54, 1.807) is 0 Å². The topological polar surface area (TPSA) is 41.1 Å². The fraction of sp³-hybridized carbons (Fsp3) is 0.462. The van der Waals surface area contributed by atoms with Gasteiger partial charge in [-0.2, -0.15) is 0 Å². The van der Waals surface area contributed by atoms with Crippen LogP contribution in [-0.2, 0) is 11.3 Å². The second-order valence-electron chi connectivity index (χ2n) is 4.35. The maximum absolute atomic E-state index is 11.7. The number of benzene rings is 1. The van der Waals surface area contributed by atoms with Gasteiger partial charge in [0.2, 0.25) is 5.91 Å². The molecule has 1 aliphatic heterocycles. The lowest BCUT2D eigenvalue weighted by atomic mass is 10.1. The molecule has 2 rings (SSSR count). The molecule has 2 N–H and O–H groups in total. The van der Waals surface area contributed by atoms with Gasteiger partial charge >= 0.3 is 0 Å². The first-order valence-electron chi connectivity index (χ1n) is 5.82. The summed E-state index contributed by atoms with van der Waals surface area (Å²) in [6.07, 6.45) is 2.06. The van der Waals surface area contributed by atoms with Crippen LogP contribution >= 0.6 is 0 Å². The lowest BCUT2D eigenvalue weighted by Gasteiger charge is -2.11. The third kappa shape index (κ3) is 2.83. The second kappa shape index (κ2) is 5.12. The monoisotopic (exact) mass is 218 g/mol. The van der Waals surface area contributed by atoms with Crippen molar-refractivity contribution >= 4 is 5.91 Å². The molecule has 1 aromatic carbocycles. The Hall–Kier alpha value is -1.35. The zero-order chi connectivity index (χ0) is 11.4. The number of rotatable bonds is 3. The molecule has 1 aromatic rings. The normalized spacial score (nSPS) is 19.7. The molecule has 1 amide bonds. The van der Waals surface area contributed by atoms with Gasteiger partial charge in [0.25, 0.3) is 0 Å². The molecule has 16 heavy (non-hydrogen) atoms. The molecule has 86 valence electrons. The highest BCUT2D eigenvalue weighted by molar-refractivity contribution is 5.81. The van der Waals surface area contributed by atoms with Crippen molar-refractivity contribution in [2.24, 2.45) is 0 Å². The second-order valence-corrected chi connectivity index (χ2v) is 4.35. The molecule has 3 nitrogen and oxygen atoms in total. The van der Waals surface area contributed by atoms with E-state index >= 15 is 0 Å². The van der Waals surface area contributed by atoms with Crippen molar-refractivity contribution in [1.29, 1.82) is 0 Å². The van der Waals surface area contributed by atoms with Crippen LogP contribution in [0.2, 0.25) is 0 Å². The Morgan fingerprint density at radius 2 is 2.19 bits per heavy atom. The number of carbonyl (C=O) groups is 1. The van der Waals surface area contributed by atoms with Gasteiger partial charge in [-0.25, -0.2) is 0 Å². The number of aryl methyl sites for hydroxylation is 1. The van der Waals surface area contributed by atoms with Crippen molar-refractivity contribution in [2.75, 3.05) is 6.54 Å². The summed E-state index contributed by atoms with van der Waals surface area (Å²) in [4.78, 5) is 11.7. The Kier molecular flexibility index (Phi) is 3.57. The maximum Gasteiger partial charge on any atom is 0.237 e. The quantitative estimate of drug-likeness (QED) is 0.804. The van der Waals surface area contributed by atoms with E-state index in [4.69, 9.17) is 0 Å². The number of amides is 1. The van der Waals surface area contributed by atoms with E-state index in [0.29, 0.717) is 6.54 Å². The van der Waals surface area contributed by atoms with Crippen molar-refractivity contribution in [1.82, 2.24) is 10.6 Å². The van der Waals surface area contributed by atoms with Gasteiger partial charge in [0.1, 0.15) is 0 Å². The van der Waals surface area contributed by atoms with Gasteiger partial charge in [-0.1, -0.05) is 29.8 Å². The standard InChI is InChI=1S/C13H18N2O/c1-10-4-6-11(7-5-10)9-15-13(16)12-3-2-8-14-12/h4-7,12,14H,2-3,8-9H2,1H3,(H,15,16). The summed E-state index contributed by atoms with van der Waals surface area (Å²) in [6.45, 7) is 3.64. The zero-order valence-corrected chi connectivity index (χ0v) is 9.62. The SMILES string of the molecule is Cc1ccc(CNC(=O)C2CCCN2)cc1. The molecule has 0 radical (unpaired) electrons. The Bertz CT molecular complexity index is 353. The third-order valence-corrected chi connectivity index (χ3v) is 2.96. The Morgan fingerprint density at radius 1 is 1.44 bits per heavy atom. The molecule has 1 unspecified atom stereocenters. The van der Waals surface area contributed by atoms with Gasteiger partial charge in [0, 0.05) is 6.54 Å². The first-order chi connectivity index (χ1) is 7.75. The van der Waals surface area contributed by atoms with E-state index in [0.717, 1.165) is 24.9 Å². The molecule has 1 fully saturated rings. The highest BCUT2D eigenvalue weighted by atomic mass is 16.2. The van der Waals surface area contributed by atoms with Gasteiger partial charge in [-0.05, 0) is 31.9 Å². The van der Waals surface area contributed by atoms with Crippen LogP contribution in [0.1, 0.15) is 24.0 Å². The predicted octanol–water partition coefficient (Wildman–Crippen LogP) is 1.36. The lowest BCUT2D eigenvalue weighted by Crippen LogP contribution is -2.39. The van der Waals surface area contributed by atoms with Gasteiger partial charge < -0.3 is 10.6 Å². The third-order valence-electron chi connectivity index (χ3n) is 2.96. The molecule has 1 atom stereocenters. The average Bonchev–Trinajstić information content (AvgIpc) is 2.81. The Morgan fingerprint density at radius 3 is 2.81 bits per heavy atom. The van der Waals surface area contributed by atoms with Crippen LogP contribution in [0.15, 0.2) is 24.3 Å². The van der Waals surface area contributed by atoms with Gasteiger partial charge in [-0.15, -0.1) is 0 Å². The van der Waals surface area contributed by atoms with Crippen LogP contribution in [0, 0.1) is 6.92 Å². The van der Waals surface area contributed by atoms with E-state index in [1.165, 1.54) is 5.56 Å². The number of hydrogen-bond donors (Lipinski definition) is 2. The minimum absolute atomic E-state index is 0.0189. The largest absolute Gasteiger partial charge is 0.351 e. The zero-order valence-electron chi connectivity index (χ0n) is 9.62. The molecular formula is C13H18N2O. The number of nitrogens with one attached hydrogen (secondary N) is 2. The van der Waals surface area contributed by atoms with Crippen LogP contribution < -0.4 is 10.6 Å². The Labute approximate surface area is 96.2 Å². The summed E-state index contributed by atoms with van der Waals surface area (Å²) in [5.41, 5.74) is 2.39. The fourth-order valence-corrected chi connectivity index (χ4v) is 1.93. The van der Waals surface area contributed by atoms with Crippen molar-refractivity contribution in [3.63, 3.8) is 0 Å². The first kappa shape index (κ1) is 11.1. The van der Waals surface area contributed by atoms with Crippen molar-refractivity contribution in [3.8, 4) is 0 Å². The molecular weight excluding hydrogens is 200 g/mol. The highest BCUT2D eigenvalue weighted by Crippen LogP contribution is 2.06. The first-order valence-corrected chi connectivity index (χ1v) is 5.82. The average molecular weight is 218 g/mol. The van der Waals surface area contributed by atoms with Gasteiger partial charge in [0.05, 0.1) is 6.04 Å². The Balaban J connectivity index is 1.82. The summed E-state index contributed by atoms with van der Waals surface area (Å²) in [7, 11) is 0. The smallest absolute Gasteiger partial charge is 0.237 e. The fourth-order valence-electron chi connectivity index (χ4n) is 1.93. The molecule has 0 aliphatic carbocycles. The predicted molar refractivity (Wildman–Crippen MR) is 64.1 cm³/mol. The maximum atomic E-state index is 11.7. The summed E-state index contributed by atoms with van der Waals surface area (Å²) in [5.74, 6) is 0.123. The molecule has 1 heterocycles. The van der Waals surface area contributed by atoms with Gasteiger partial charge in [0.15, 0.2) is 0 Å². The van der Waals surface area contributed by atoms with Crippen LogP contribution in [0.5, 0.6) is 0 Å². The lowest BCUT2D eigenvalue weighted by molar-refractivity contribution is -0.122. The van der Waals surface area contributed by atoms with E-state index in [-0.39, 0.29) is 11.9 Å². The van der Waals surface area contributed by atoms with E-state index in [2.05, 4.69) is 41.8 Å². The number of hydrogen-bond acceptors (Lipinski definition) is 2. The van der Waals surface area contributed by atoms with Gasteiger partial charge in [-0.3, -0.25) is 4.79 Å². The van der Waals surface area contributed by atoms with E-state index in [9.17, 15) is 4.79 Å². The highest BCUT2D eigenvalue weighted by Gasteiger charge is 2.21. The van der Waals surface area contributed by atoms with Crippen LogP contribution in [0.25, 0.3) is 0 Å². The molecule has 3 heteroatoms. The molecule has 1 aliphatic rings. The van der Waals surface area contributed by atoms with E-state index in [1.807, 2.05) is 0 Å². The van der Waals surface area contributed by atoms with Crippen LogP contribution in [0.3, 0.4) is 0 Å². The summed E-state index contributed by atoms with van der Waals surface area (Å²) >= 11 is 0. The summed E-state index contributed by atoms with van der Waals surface area (Å²) < 4.78 is 0. The van der Waals surface area contributed by atoms with Crippen molar-refractivity contribution < 1.29 is 4.79 Å². The van der Waals surface area contributed by atoms with Crippen molar-refractivity contribution in [3.05, 3.63) is 35.4 Å². The number of carbonyl (C=O) groups excluding carboxylic acids is 1.